The lowest BCUT2D eigenvalue weighted by Crippen LogP contribution is -2.31. The second kappa shape index (κ2) is 7.81. The van der Waals surface area contributed by atoms with Gasteiger partial charge in [-0.15, -0.1) is 0 Å². The largest absolute Gasteiger partial charge is 0.503 e. The highest BCUT2D eigenvalue weighted by atomic mass is 16.6. The van der Waals surface area contributed by atoms with Crippen molar-refractivity contribution >= 4 is 17.4 Å². The fraction of sp³-hybridized carbons (Fsp3) is 0.167. The standard InChI is InChI=1S/C24H19NO7/c1-29-16-7-4-14(5-8-16)21-20(22(26)18-3-2-10-30-18)23(27)24(28)25(21)15-6-9-17-19(13-15)32-12-11-31-17/h2-10,13,21,27H,11-12H2,1H3. The number of carbonyl (C=O) groups is 2. The van der Waals surface area contributed by atoms with Gasteiger partial charge >= 0.3 is 0 Å². The number of ether oxygens (including phenoxy) is 3. The van der Waals surface area contributed by atoms with Crippen LogP contribution in [-0.2, 0) is 4.79 Å². The molecule has 0 spiro atoms. The maximum Gasteiger partial charge on any atom is 0.294 e. The van der Waals surface area contributed by atoms with Crippen molar-refractivity contribution in [3.63, 3.8) is 0 Å². The number of ketones is 1. The highest BCUT2D eigenvalue weighted by Gasteiger charge is 2.45. The first kappa shape index (κ1) is 19.7. The summed E-state index contributed by atoms with van der Waals surface area (Å²) in [5.74, 6) is -0.184. The molecule has 0 fully saturated rings. The molecule has 2 aliphatic heterocycles. The molecule has 2 aliphatic rings. The second-order valence-electron chi connectivity index (χ2n) is 7.25. The van der Waals surface area contributed by atoms with Crippen molar-refractivity contribution in [3.8, 4) is 17.2 Å². The summed E-state index contributed by atoms with van der Waals surface area (Å²) in [7, 11) is 1.55. The third-order valence-electron chi connectivity index (χ3n) is 5.43. The Morgan fingerprint density at radius 1 is 1.06 bits per heavy atom. The first-order valence-electron chi connectivity index (χ1n) is 9.97. The van der Waals surface area contributed by atoms with Crippen LogP contribution in [0, 0.1) is 0 Å². The molecule has 0 bridgehead atoms. The number of hydrogen-bond donors (Lipinski definition) is 1. The van der Waals surface area contributed by atoms with Gasteiger partial charge in [0.1, 0.15) is 19.0 Å². The van der Waals surface area contributed by atoms with E-state index in [1.54, 1.807) is 55.6 Å². The number of carbonyl (C=O) groups excluding carboxylic acids is 2. The SMILES string of the molecule is COc1ccc(C2C(C(=O)c3ccco3)=C(O)C(=O)N2c2ccc3c(c2)OCCO3)cc1. The van der Waals surface area contributed by atoms with Crippen molar-refractivity contribution in [2.75, 3.05) is 25.2 Å². The normalized spacial score (nSPS) is 17.6. The molecule has 1 aromatic heterocycles. The highest BCUT2D eigenvalue weighted by molar-refractivity contribution is 6.20. The zero-order chi connectivity index (χ0) is 22.2. The lowest BCUT2D eigenvalue weighted by Gasteiger charge is -2.28. The maximum absolute atomic E-state index is 13.2. The number of anilines is 1. The average Bonchev–Trinajstić information content (AvgIpc) is 3.46. The summed E-state index contributed by atoms with van der Waals surface area (Å²) in [4.78, 5) is 27.8. The molecule has 2 aromatic carbocycles. The van der Waals surface area contributed by atoms with E-state index in [2.05, 4.69) is 0 Å². The molecule has 32 heavy (non-hydrogen) atoms. The second-order valence-corrected chi connectivity index (χ2v) is 7.25. The Bertz CT molecular complexity index is 1210. The smallest absolute Gasteiger partial charge is 0.294 e. The van der Waals surface area contributed by atoms with E-state index in [0.717, 1.165) is 0 Å². The van der Waals surface area contributed by atoms with Crippen LogP contribution in [0.4, 0.5) is 5.69 Å². The van der Waals surface area contributed by atoms with Gasteiger partial charge in [-0.1, -0.05) is 12.1 Å². The first-order valence-corrected chi connectivity index (χ1v) is 9.97. The van der Waals surface area contributed by atoms with Crippen LogP contribution in [0.15, 0.2) is 76.6 Å². The minimum atomic E-state index is -0.881. The quantitative estimate of drug-likeness (QED) is 0.611. The van der Waals surface area contributed by atoms with Gasteiger partial charge in [0, 0.05) is 11.8 Å². The van der Waals surface area contributed by atoms with Gasteiger partial charge < -0.3 is 23.7 Å². The molecule has 0 aliphatic carbocycles. The fourth-order valence-electron chi connectivity index (χ4n) is 3.93. The van der Waals surface area contributed by atoms with Crippen molar-refractivity contribution in [3.05, 3.63) is 83.5 Å². The number of amides is 1. The molecule has 1 amide bonds. The molecule has 1 atom stereocenters. The van der Waals surface area contributed by atoms with E-state index in [1.807, 2.05) is 0 Å². The van der Waals surface area contributed by atoms with Gasteiger partial charge in [-0.25, -0.2) is 0 Å². The molecular weight excluding hydrogens is 414 g/mol. The lowest BCUT2D eigenvalue weighted by atomic mass is 9.94. The molecule has 8 nitrogen and oxygen atoms in total. The van der Waals surface area contributed by atoms with E-state index in [1.165, 1.54) is 17.2 Å². The number of furan rings is 1. The van der Waals surface area contributed by atoms with Crippen molar-refractivity contribution < 1.29 is 33.3 Å². The van der Waals surface area contributed by atoms with Gasteiger partial charge in [-0.05, 0) is 42.0 Å². The molecule has 1 N–H and O–H groups in total. The van der Waals surface area contributed by atoms with Gasteiger partial charge in [0.15, 0.2) is 23.0 Å². The predicted molar refractivity (Wildman–Crippen MR) is 113 cm³/mol. The fourth-order valence-corrected chi connectivity index (χ4v) is 3.93. The Balaban J connectivity index is 1.64. The van der Waals surface area contributed by atoms with E-state index >= 15 is 0 Å². The number of hydrogen-bond acceptors (Lipinski definition) is 7. The molecule has 3 heterocycles. The zero-order valence-corrected chi connectivity index (χ0v) is 17.1. The summed E-state index contributed by atoms with van der Waals surface area (Å²) in [5, 5.41) is 10.8. The number of nitrogens with zero attached hydrogens (tertiary/aromatic N) is 1. The summed E-state index contributed by atoms with van der Waals surface area (Å²) in [6.45, 7) is 0.825. The molecule has 162 valence electrons. The third kappa shape index (κ3) is 3.17. The Labute approximate surface area is 183 Å². The number of aliphatic hydroxyl groups excluding tert-OH is 1. The first-order chi connectivity index (χ1) is 15.6. The maximum atomic E-state index is 13.2. The number of fused-ring (bicyclic) bond motifs is 1. The van der Waals surface area contributed by atoms with Gasteiger partial charge in [-0.3, -0.25) is 14.5 Å². The van der Waals surface area contributed by atoms with E-state index in [9.17, 15) is 14.7 Å². The summed E-state index contributed by atoms with van der Waals surface area (Å²) >= 11 is 0. The van der Waals surface area contributed by atoms with Crippen LogP contribution in [-0.4, -0.2) is 37.1 Å². The molecule has 1 unspecified atom stereocenters. The van der Waals surface area contributed by atoms with Gasteiger partial charge in [0.2, 0.25) is 5.78 Å². The summed E-state index contributed by atoms with van der Waals surface area (Å²) in [5.41, 5.74) is 1.01. The van der Waals surface area contributed by atoms with E-state index in [4.69, 9.17) is 18.6 Å². The van der Waals surface area contributed by atoms with Gasteiger partial charge in [-0.2, -0.15) is 0 Å². The monoisotopic (exact) mass is 433 g/mol. The topological polar surface area (TPSA) is 98.4 Å². The predicted octanol–water partition coefficient (Wildman–Crippen LogP) is 3.84. The Kier molecular flexibility index (Phi) is 4.82. The Morgan fingerprint density at radius 2 is 1.81 bits per heavy atom. The third-order valence-corrected chi connectivity index (χ3v) is 5.43. The van der Waals surface area contributed by atoms with Crippen LogP contribution in [0.3, 0.4) is 0 Å². The van der Waals surface area contributed by atoms with Crippen LogP contribution >= 0.6 is 0 Å². The minimum absolute atomic E-state index is 0.0295. The van der Waals surface area contributed by atoms with Crippen LogP contribution in [0.25, 0.3) is 0 Å². The van der Waals surface area contributed by atoms with E-state index in [-0.39, 0.29) is 11.3 Å². The Hall–Kier alpha value is -4.20. The summed E-state index contributed by atoms with van der Waals surface area (Å²) in [6.07, 6.45) is 1.36. The Morgan fingerprint density at radius 3 is 2.50 bits per heavy atom. The average molecular weight is 433 g/mol. The zero-order valence-electron chi connectivity index (χ0n) is 17.1. The van der Waals surface area contributed by atoms with Crippen LogP contribution in [0.1, 0.15) is 22.2 Å². The number of methoxy groups -OCH3 is 1. The molecule has 0 radical (unpaired) electrons. The molecular formula is C24H19NO7. The van der Waals surface area contributed by atoms with Gasteiger partial charge in [0.05, 0.1) is 25.0 Å². The van der Waals surface area contributed by atoms with Crippen molar-refractivity contribution in [1.29, 1.82) is 0 Å². The number of rotatable bonds is 5. The molecule has 0 saturated heterocycles. The molecule has 3 aromatic rings. The van der Waals surface area contributed by atoms with Crippen LogP contribution in [0.5, 0.6) is 17.2 Å². The molecule has 5 rings (SSSR count). The van der Waals surface area contributed by atoms with Crippen LogP contribution in [0.2, 0.25) is 0 Å². The summed E-state index contributed by atoms with van der Waals surface area (Å²) in [6, 6.07) is 14.2. The molecule has 0 saturated carbocycles. The van der Waals surface area contributed by atoms with Crippen molar-refractivity contribution in [2.45, 2.75) is 6.04 Å². The van der Waals surface area contributed by atoms with E-state index < -0.39 is 23.5 Å². The summed E-state index contributed by atoms with van der Waals surface area (Å²) < 4.78 is 21.7. The van der Waals surface area contributed by atoms with E-state index in [0.29, 0.717) is 41.7 Å². The lowest BCUT2D eigenvalue weighted by molar-refractivity contribution is -0.117. The highest BCUT2D eigenvalue weighted by Crippen LogP contribution is 2.44. The number of Topliss-reactive ketones (excluding diaryl/α,β-unsaturated/α-hetero) is 1. The van der Waals surface area contributed by atoms with Crippen molar-refractivity contribution in [1.82, 2.24) is 0 Å². The number of aliphatic hydroxyl groups is 1. The molecule has 8 heteroatoms. The van der Waals surface area contributed by atoms with Gasteiger partial charge in [0.25, 0.3) is 5.91 Å². The number of benzene rings is 2. The van der Waals surface area contributed by atoms with Crippen molar-refractivity contribution in [2.24, 2.45) is 0 Å². The minimum Gasteiger partial charge on any atom is -0.503 e. The van der Waals surface area contributed by atoms with Crippen LogP contribution < -0.4 is 19.1 Å².